The van der Waals surface area contributed by atoms with Gasteiger partial charge in [-0.3, -0.25) is 9.59 Å². The molecule has 2 aromatic heterocycles. The molecule has 1 aromatic carbocycles. The lowest BCUT2D eigenvalue weighted by molar-refractivity contribution is -0.139. The molecular weight excluding hydrogens is 489 g/mol. The van der Waals surface area contributed by atoms with E-state index in [0.717, 1.165) is 23.9 Å². The van der Waals surface area contributed by atoms with E-state index in [1.54, 1.807) is 17.7 Å². The van der Waals surface area contributed by atoms with Crippen molar-refractivity contribution >= 4 is 40.5 Å². The summed E-state index contributed by atoms with van der Waals surface area (Å²) in [5.74, 6) is -3.46. The van der Waals surface area contributed by atoms with Crippen molar-refractivity contribution in [1.29, 1.82) is 0 Å². The number of nitrogens with two attached hydrogens (primary N) is 1. The number of rotatable bonds is 10. The molecule has 0 bridgehead atoms. The molecule has 0 atom stereocenters. The van der Waals surface area contributed by atoms with Crippen LogP contribution in [0.25, 0.3) is 11.0 Å². The standard InChI is InChI=1S/C22H21F3N4O5S/c1-3-14-13(8-15(30)18(26)33)17-19(27-21(35-2)28-20(17)34-10-16(31)32)29(14)9-11-5-4-6-12(7-11)22(23,24)25/h4-7H,3,8-10H2,1-2H3,(H2,26,33)(H,31,32). The van der Waals surface area contributed by atoms with Crippen LogP contribution in [0.2, 0.25) is 0 Å². The van der Waals surface area contributed by atoms with Gasteiger partial charge in [-0.1, -0.05) is 30.8 Å². The van der Waals surface area contributed by atoms with Crippen LogP contribution in [-0.4, -0.2) is 50.2 Å². The SMILES string of the molecule is CCc1c(CC(=O)C(N)=O)c2c(OCC(=O)O)nc(SC)nc2n1Cc1cccc(C(F)(F)F)c1. The van der Waals surface area contributed by atoms with Crippen molar-refractivity contribution in [3.05, 3.63) is 46.6 Å². The number of ether oxygens (including phenoxy) is 1. The summed E-state index contributed by atoms with van der Waals surface area (Å²) in [5, 5.41) is 9.48. The van der Waals surface area contributed by atoms with Crippen LogP contribution in [-0.2, 0) is 39.9 Å². The molecule has 2 heterocycles. The van der Waals surface area contributed by atoms with Gasteiger partial charge >= 0.3 is 12.1 Å². The zero-order valence-electron chi connectivity index (χ0n) is 18.7. The second kappa shape index (κ2) is 10.3. The Labute approximate surface area is 201 Å². The van der Waals surface area contributed by atoms with Crippen LogP contribution in [0, 0.1) is 0 Å². The normalized spacial score (nSPS) is 11.6. The van der Waals surface area contributed by atoms with Crippen molar-refractivity contribution in [1.82, 2.24) is 14.5 Å². The highest BCUT2D eigenvalue weighted by Gasteiger charge is 2.31. The number of ketones is 1. The van der Waals surface area contributed by atoms with Gasteiger partial charge in [0.05, 0.1) is 10.9 Å². The van der Waals surface area contributed by atoms with Crippen molar-refractivity contribution in [3.8, 4) is 5.88 Å². The summed E-state index contributed by atoms with van der Waals surface area (Å²) in [7, 11) is 0. The van der Waals surface area contributed by atoms with E-state index in [0.29, 0.717) is 23.2 Å². The molecule has 3 rings (SSSR count). The van der Waals surface area contributed by atoms with Crippen molar-refractivity contribution < 1.29 is 37.4 Å². The van der Waals surface area contributed by atoms with Crippen molar-refractivity contribution in [2.24, 2.45) is 5.73 Å². The number of halogens is 3. The molecular formula is C22H21F3N4O5S. The van der Waals surface area contributed by atoms with Crippen LogP contribution in [0.1, 0.15) is 29.3 Å². The number of carboxylic acids is 1. The molecule has 0 saturated carbocycles. The maximum atomic E-state index is 13.3. The predicted octanol–water partition coefficient (Wildman–Crippen LogP) is 2.84. The first-order valence-corrected chi connectivity index (χ1v) is 11.5. The number of alkyl halides is 3. The molecule has 0 saturated heterocycles. The minimum atomic E-state index is -4.53. The summed E-state index contributed by atoms with van der Waals surface area (Å²) in [6.07, 6.45) is -2.98. The Morgan fingerprint density at radius 1 is 1.23 bits per heavy atom. The number of carbonyl (C=O) groups excluding carboxylic acids is 2. The average molecular weight is 510 g/mol. The van der Waals surface area contributed by atoms with Crippen LogP contribution in [0.4, 0.5) is 13.2 Å². The maximum absolute atomic E-state index is 13.3. The van der Waals surface area contributed by atoms with Gasteiger partial charge < -0.3 is 20.1 Å². The third-order valence-electron chi connectivity index (χ3n) is 5.12. The number of carbonyl (C=O) groups is 3. The van der Waals surface area contributed by atoms with E-state index in [9.17, 15) is 27.6 Å². The number of Topliss-reactive ketones (excluding diaryl/α,β-unsaturated/α-hetero) is 1. The summed E-state index contributed by atoms with van der Waals surface area (Å²) >= 11 is 1.14. The lowest BCUT2D eigenvalue weighted by atomic mass is 10.0. The molecule has 0 aliphatic heterocycles. The largest absolute Gasteiger partial charge is 0.479 e. The van der Waals surface area contributed by atoms with Crippen LogP contribution in [0.3, 0.4) is 0 Å². The monoisotopic (exact) mass is 510 g/mol. The molecule has 0 aliphatic carbocycles. The molecule has 13 heteroatoms. The van der Waals surface area contributed by atoms with Crippen molar-refractivity contribution in [3.63, 3.8) is 0 Å². The van der Waals surface area contributed by atoms with Gasteiger partial charge in [0.1, 0.15) is 5.65 Å². The number of carboxylic acid groups (broad SMARTS) is 1. The third-order valence-corrected chi connectivity index (χ3v) is 5.67. The summed E-state index contributed by atoms with van der Waals surface area (Å²) in [5.41, 5.74) is 5.66. The first kappa shape index (κ1) is 26.0. The molecule has 0 aliphatic rings. The van der Waals surface area contributed by atoms with Gasteiger partial charge in [0.2, 0.25) is 11.7 Å². The fourth-order valence-electron chi connectivity index (χ4n) is 3.67. The second-order valence-electron chi connectivity index (χ2n) is 7.42. The topological polar surface area (TPSA) is 137 Å². The number of amides is 1. The fraction of sp³-hybridized carbons (Fsp3) is 0.318. The number of fused-ring (bicyclic) bond motifs is 1. The second-order valence-corrected chi connectivity index (χ2v) is 8.20. The Morgan fingerprint density at radius 2 is 1.94 bits per heavy atom. The summed E-state index contributed by atoms with van der Waals surface area (Å²) in [4.78, 5) is 43.5. The quantitative estimate of drug-likeness (QED) is 0.241. The van der Waals surface area contributed by atoms with E-state index in [2.05, 4.69) is 9.97 Å². The maximum Gasteiger partial charge on any atom is 0.416 e. The number of thioether (sulfide) groups is 1. The first-order chi connectivity index (χ1) is 16.5. The van der Waals surface area contributed by atoms with E-state index in [1.807, 2.05) is 0 Å². The van der Waals surface area contributed by atoms with Crippen LogP contribution < -0.4 is 10.5 Å². The van der Waals surface area contributed by atoms with Crippen LogP contribution >= 0.6 is 11.8 Å². The first-order valence-electron chi connectivity index (χ1n) is 10.3. The van der Waals surface area contributed by atoms with E-state index < -0.39 is 42.4 Å². The zero-order chi connectivity index (χ0) is 25.9. The minimum Gasteiger partial charge on any atom is -0.479 e. The van der Waals surface area contributed by atoms with Gasteiger partial charge in [-0.25, -0.2) is 9.78 Å². The highest BCUT2D eigenvalue weighted by Crippen LogP contribution is 2.35. The lowest BCUT2D eigenvalue weighted by Crippen LogP contribution is -2.25. The third kappa shape index (κ3) is 5.73. The van der Waals surface area contributed by atoms with E-state index in [-0.39, 0.29) is 28.6 Å². The Kier molecular flexibility index (Phi) is 7.68. The summed E-state index contributed by atoms with van der Waals surface area (Å²) in [6.45, 7) is 0.983. The lowest BCUT2D eigenvalue weighted by Gasteiger charge is -2.13. The number of hydrogen-bond donors (Lipinski definition) is 2. The highest BCUT2D eigenvalue weighted by atomic mass is 32.2. The van der Waals surface area contributed by atoms with Gasteiger partial charge in [-0.05, 0) is 35.9 Å². The number of nitrogens with zero attached hydrogens (tertiary/aromatic N) is 3. The van der Waals surface area contributed by atoms with Gasteiger partial charge in [0, 0.05) is 18.7 Å². The minimum absolute atomic E-state index is 0.0441. The van der Waals surface area contributed by atoms with Gasteiger partial charge in [-0.2, -0.15) is 18.2 Å². The van der Waals surface area contributed by atoms with E-state index in [4.69, 9.17) is 15.6 Å². The zero-order valence-corrected chi connectivity index (χ0v) is 19.5. The van der Waals surface area contributed by atoms with Crippen LogP contribution in [0.5, 0.6) is 5.88 Å². The number of aromatic nitrogens is 3. The van der Waals surface area contributed by atoms with Gasteiger partial charge in [-0.15, -0.1) is 0 Å². The molecule has 0 spiro atoms. The Balaban J connectivity index is 2.29. The van der Waals surface area contributed by atoms with Crippen LogP contribution in [0.15, 0.2) is 29.4 Å². The van der Waals surface area contributed by atoms with Gasteiger partial charge in [0.15, 0.2) is 11.8 Å². The number of primary amides is 1. The molecule has 3 N–H and O–H groups in total. The Hall–Kier alpha value is -3.61. The number of benzene rings is 1. The molecule has 1 amide bonds. The van der Waals surface area contributed by atoms with Crippen molar-refractivity contribution in [2.75, 3.05) is 12.9 Å². The highest BCUT2D eigenvalue weighted by molar-refractivity contribution is 7.98. The Bertz CT molecular complexity index is 1310. The molecule has 3 aromatic rings. The van der Waals surface area contributed by atoms with E-state index in [1.165, 1.54) is 12.1 Å². The summed E-state index contributed by atoms with van der Waals surface area (Å²) < 4.78 is 46.8. The van der Waals surface area contributed by atoms with Crippen molar-refractivity contribution in [2.45, 2.75) is 37.6 Å². The Morgan fingerprint density at radius 3 is 2.51 bits per heavy atom. The average Bonchev–Trinajstić information content (AvgIpc) is 3.08. The smallest absolute Gasteiger partial charge is 0.416 e. The predicted molar refractivity (Wildman–Crippen MR) is 120 cm³/mol. The molecule has 9 nitrogen and oxygen atoms in total. The molecule has 0 unspecified atom stereocenters. The molecule has 0 fully saturated rings. The molecule has 0 radical (unpaired) electrons. The molecule has 35 heavy (non-hydrogen) atoms. The fourth-order valence-corrected chi connectivity index (χ4v) is 4.02. The molecule has 186 valence electrons. The van der Waals surface area contributed by atoms with Gasteiger partial charge in [0.25, 0.3) is 5.91 Å². The number of aliphatic carboxylic acids is 1. The summed E-state index contributed by atoms with van der Waals surface area (Å²) in [6, 6.07) is 4.78. The number of hydrogen-bond acceptors (Lipinski definition) is 7. The van der Waals surface area contributed by atoms with E-state index >= 15 is 0 Å².